The maximum Gasteiger partial charge on any atom is 0.0742 e. The fourth-order valence-electron chi connectivity index (χ4n) is 3.06. The van der Waals surface area contributed by atoms with Gasteiger partial charge in [0.25, 0.3) is 0 Å². The van der Waals surface area contributed by atoms with Gasteiger partial charge in [-0.25, -0.2) is 0 Å². The van der Waals surface area contributed by atoms with Crippen LogP contribution in [0.3, 0.4) is 0 Å². The molecule has 3 atom stereocenters. The van der Waals surface area contributed by atoms with E-state index in [9.17, 15) is 0 Å². The molecule has 1 aliphatic carbocycles. The van der Waals surface area contributed by atoms with Crippen LogP contribution in [0.2, 0.25) is 5.31 Å². The van der Waals surface area contributed by atoms with E-state index in [2.05, 4.69) is 27.7 Å². The van der Waals surface area contributed by atoms with E-state index in [-0.39, 0.29) is 38.0 Å². The van der Waals surface area contributed by atoms with Gasteiger partial charge in [0.1, 0.15) is 0 Å². The van der Waals surface area contributed by atoms with Gasteiger partial charge in [0, 0.05) is 32.7 Å². The number of hydrogen-bond donors (Lipinski definition) is 0. The minimum atomic E-state index is 0. The summed E-state index contributed by atoms with van der Waals surface area (Å²) in [5.41, 5.74) is 0.403. The zero-order valence-electron chi connectivity index (χ0n) is 10.7. The van der Waals surface area contributed by atoms with Crippen LogP contribution in [0.5, 0.6) is 0 Å². The Kier molecular flexibility index (Phi) is 6.68. The summed E-state index contributed by atoms with van der Waals surface area (Å²) in [6, 6.07) is 0. The van der Waals surface area contributed by atoms with Crippen molar-refractivity contribution in [2.45, 2.75) is 64.6 Å². The van der Waals surface area contributed by atoms with E-state index >= 15 is 0 Å². The number of hydrogen-bond acceptors (Lipinski definition) is 0. The van der Waals surface area contributed by atoms with Gasteiger partial charge in [-0.3, -0.25) is 0 Å². The van der Waals surface area contributed by atoms with E-state index in [1.807, 2.05) is 0 Å². The van der Waals surface area contributed by atoms with E-state index in [0.29, 0.717) is 11.3 Å². The molecule has 83 valence electrons. The van der Waals surface area contributed by atoms with Crippen molar-refractivity contribution in [2.24, 2.45) is 11.3 Å². The van der Waals surface area contributed by atoms with Crippen LogP contribution in [0.4, 0.5) is 0 Å². The van der Waals surface area contributed by atoms with E-state index in [1.165, 1.54) is 32.1 Å². The molecule has 0 aromatic carbocycles. The molecule has 0 bridgehead atoms. The minimum Gasteiger partial charge on any atom is -0.340 e. The standard InChI is InChI=1S/C13H24B.Y/c1-5-13(11(2)3)9-7-6-8-12(4,14)10-13;/h11H,2,5-10H2,1,3-4H3;/q-1;. The van der Waals surface area contributed by atoms with Gasteiger partial charge in [-0.2, -0.15) is 5.92 Å². The van der Waals surface area contributed by atoms with Gasteiger partial charge in [-0.15, -0.1) is 0 Å². The summed E-state index contributed by atoms with van der Waals surface area (Å²) in [5, 5.41) is 0.0401. The first kappa shape index (κ1) is 16.2. The predicted octanol–water partition coefficient (Wildman–Crippen LogP) is 4.16. The topological polar surface area (TPSA) is 0 Å². The van der Waals surface area contributed by atoms with Crippen molar-refractivity contribution in [3.8, 4) is 0 Å². The Morgan fingerprint density at radius 2 is 1.87 bits per heavy atom. The fraction of sp³-hybridized carbons (Fsp3) is 0.923. The molecule has 0 nitrogen and oxygen atoms in total. The van der Waals surface area contributed by atoms with E-state index in [0.717, 1.165) is 6.42 Å². The molecule has 1 rings (SSSR count). The molecule has 3 radical (unpaired) electrons. The molecule has 1 saturated carbocycles. The SMILES string of the molecule is [B]C1(C)CCCCC(CC)(C([CH2-])C)C1.[Y]. The van der Waals surface area contributed by atoms with Crippen LogP contribution in [-0.4, -0.2) is 7.85 Å². The van der Waals surface area contributed by atoms with Gasteiger partial charge in [0.15, 0.2) is 0 Å². The molecule has 0 spiro atoms. The molecule has 3 unspecified atom stereocenters. The second kappa shape index (κ2) is 6.20. The van der Waals surface area contributed by atoms with E-state index in [4.69, 9.17) is 7.85 Å². The van der Waals surface area contributed by atoms with E-state index < -0.39 is 0 Å². The molecule has 15 heavy (non-hydrogen) atoms. The first-order chi connectivity index (χ1) is 6.42. The van der Waals surface area contributed by atoms with Crippen molar-refractivity contribution in [3.05, 3.63) is 6.92 Å². The summed E-state index contributed by atoms with van der Waals surface area (Å²) < 4.78 is 0. The van der Waals surface area contributed by atoms with Gasteiger partial charge < -0.3 is 6.92 Å². The molecule has 0 N–H and O–H groups in total. The Morgan fingerprint density at radius 3 is 2.33 bits per heavy atom. The molecule has 0 aliphatic heterocycles. The Hall–Kier alpha value is 1.17. The third-order valence-electron chi connectivity index (χ3n) is 4.18. The van der Waals surface area contributed by atoms with Crippen molar-refractivity contribution in [3.63, 3.8) is 0 Å². The van der Waals surface area contributed by atoms with Crippen LogP contribution in [0.15, 0.2) is 0 Å². The molecule has 0 aromatic rings. The van der Waals surface area contributed by atoms with Crippen molar-refractivity contribution >= 4 is 7.85 Å². The van der Waals surface area contributed by atoms with Gasteiger partial charge >= 0.3 is 0 Å². The molecule has 0 saturated heterocycles. The van der Waals surface area contributed by atoms with Crippen molar-refractivity contribution in [1.29, 1.82) is 0 Å². The van der Waals surface area contributed by atoms with Crippen molar-refractivity contribution in [2.75, 3.05) is 0 Å². The van der Waals surface area contributed by atoms with Crippen LogP contribution in [0.1, 0.15) is 59.3 Å². The summed E-state index contributed by atoms with van der Waals surface area (Å²) in [5.74, 6) is 0.522. The summed E-state index contributed by atoms with van der Waals surface area (Å²) in [6.07, 6.45) is 7.51. The summed E-state index contributed by atoms with van der Waals surface area (Å²) >= 11 is 0. The second-order valence-corrected chi connectivity index (χ2v) is 5.65. The van der Waals surface area contributed by atoms with Crippen molar-refractivity contribution < 1.29 is 32.7 Å². The average molecular weight is 280 g/mol. The summed E-state index contributed by atoms with van der Waals surface area (Å²) in [6.45, 7) is 11.0. The Bertz CT molecular complexity index is 189. The first-order valence-electron chi connectivity index (χ1n) is 6.04. The molecular formula is C13H24BY-. The van der Waals surface area contributed by atoms with Crippen molar-refractivity contribution in [1.82, 2.24) is 0 Å². The Morgan fingerprint density at radius 1 is 1.33 bits per heavy atom. The molecule has 1 aliphatic rings. The maximum atomic E-state index is 6.34. The average Bonchev–Trinajstić information content (AvgIpc) is 2.24. The predicted molar refractivity (Wildman–Crippen MR) is 64.5 cm³/mol. The smallest absolute Gasteiger partial charge is 0.0742 e. The van der Waals surface area contributed by atoms with Crippen LogP contribution >= 0.6 is 0 Å². The van der Waals surface area contributed by atoms with Crippen LogP contribution in [0, 0.1) is 18.3 Å². The van der Waals surface area contributed by atoms with Gasteiger partial charge in [-0.1, -0.05) is 63.6 Å². The maximum absolute atomic E-state index is 6.34. The molecule has 1 fully saturated rings. The zero-order chi connectivity index (χ0) is 10.8. The molecule has 0 aromatic heterocycles. The van der Waals surface area contributed by atoms with Gasteiger partial charge in [0.2, 0.25) is 0 Å². The first-order valence-corrected chi connectivity index (χ1v) is 6.04. The number of rotatable bonds is 2. The van der Waals surface area contributed by atoms with Crippen LogP contribution in [0.25, 0.3) is 0 Å². The molecule has 0 heterocycles. The van der Waals surface area contributed by atoms with Gasteiger partial charge in [0.05, 0.1) is 7.85 Å². The normalized spacial score (nSPS) is 38.9. The Labute approximate surface area is 123 Å². The third-order valence-corrected chi connectivity index (χ3v) is 4.18. The quantitative estimate of drug-likeness (QED) is 0.404. The molecule has 2 heteroatoms. The van der Waals surface area contributed by atoms with Crippen LogP contribution in [-0.2, 0) is 32.7 Å². The molecule has 0 amide bonds. The van der Waals surface area contributed by atoms with E-state index in [1.54, 1.807) is 0 Å². The third kappa shape index (κ3) is 4.15. The van der Waals surface area contributed by atoms with Gasteiger partial charge in [-0.05, 0) is 6.42 Å². The summed E-state index contributed by atoms with van der Waals surface area (Å²) in [7, 11) is 6.34. The fourth-order valence-corrected chi connectivity index (χ4v) is 3.06. The monoisotopic (exact) mass is 280 g/mol. The Balaban J connectivity index is 0.00000196. The minimum absolute atomic E-state index is 0. The second-order valence-electron chi connectivity index (χ2n) is 5.65. The zero-order valence-corrected chi connectivity index (χ0v) is 13.5. The van der Waals surface area contributed by atoms with Crippen LogP contribution < -0.4 is 0 Å². The molecular weight excluding hydrogens is 256 g/mol. The summed E-state index contributed by atoms with van der Waals surface area (Å²) in [4.78, 5) is 0. The largest absolute Gasteiger partial charge is 0.340 e.